The minimum atomic E-state index is -0.442. The third-order valence-corrected chi connectivity index (χ3v) is 2.80. The van der Waals surface area contributed by atoms with E-state index >= 15 is 0 Å². The van der Waals surface area contributed by atoms with Crippen molar-refractivity contribution in [2.24, 2.45) is 0 Å². The number of hydrogen-bond acceptors (Lipinski definition) is 2. The topological polar surface area (TPSA) is 97.1 Å². The summed E-state index contributed by atoms with van der Waals surface area (Å²) in [5.41, 5.74) is 1.33. The van der Waals surface area contributed by atoms with Gasteiger partial charge >= 0.3 is 0 Å². The standard InChI is InChI=1S/C14H8O2.ClH.2H2O/c15-13-6-5-11-7-9-3-1-2-4-10(9)8-12(11)14(13)16;;;/h1-8H;1H;2*1H2. The van der Waals surface area contributed by atoms with E-state index in [4.69, 9.17) is 0 Å². The van der Waals surface area contributed by atoms with E-state index in [1.54, 1.807) is 12.1 Å². The number of fused-ring (bicyclic) bond motifs is 2. The van der Waals surface area contributed by atoms with Gasteiger partial charge in [-0.05, 0) is 34.5 Å². The Hall–Kier alpha value is -2.01. The van der Waals surface area contributed by atoms with E-state index in [2.05, 4.69) is 0 Å². The molecule has 1 aliphatic carbocycles. The first kappa shape index (κ1) is 17.0. The maximum atomic E-state index is 11.7. The second-order valence-corrected chi connectivity index (χ2v) is 3.81. The fourth-order valence-electron chi connectivity index (χ4n) is 1.97. The summed E-state index contributed by atoms with van der Waals surface area (Å²) >= 11 is 0. The lowest BCUT2D eigenvalue weighted by Gasteiger charge is -2.09. The van der Waals surface area contributed by atoms with Gasteiger partial charge < -0.3 is 11.0 Å². The van der Waals surface area contributed by atoms with Gasteiger partial charge in [-0.15, -0.1) is 12.4 Å². The second-order valence-electron chi connectivity index (χ2n) is 3.81. The largest absolute Gasteiger partial charge is 0.412 e. The number of hydrogen-bond donors (Lipinski definition) is 0. The van der Waals surface area contributed by atoms with Crippen LogP contribution in [-0.4, -0.2) is 22.5 Å². The smallest absolute Gasteiger partial charge is 0.233 e. The van der Waals surface area contributed by atoms with Crippen LogP contribution in [0.25, 0.3) is 16.8 Å². The van der Waals surface area contributed by atoms with Crippen LogP contribution in [0.1, 0.15) is 15.9 Å². The normalized spacial score (nSPS) is 12.0. The molecular weight excluding hydrogens is 268 g/mol. The molecule has 5 heteroatoms. The number of benzene rings is 2. The Morgan fingerprint density at radius 3 is 2.00 bits per heavy atom. The maximum absolute atomic E-state index is 11.7. The first-order chi connectivity index (χ1) is 7.75. The number of ketones is 2. The Balaban J connectivity index is 0.00000108. The molecule has 4 N–H and O–H groups in total. The molecule has 0 aliphatic heterocycles. The highest BCUT2D eigenvalue weighted by molar-refractivity contribution is 6.50. The Morgan fingerprint density at radius 2 is 1.37 bits per heavy atom. The van der Waals surface area contributed by atoms with Crippen molar-refractivity contribution in [2.45, 2.75) is 0 Å². The average Bonchev–Trinajstić information content (AvgIpc) is 2.32. The maximum Gasteiger partial charge on any atom is 0.233 e. The van der Waals surface area contributed by atoms with Crippen molar-refractivity contribution in [1.82, 2.24) is 0 Å². The molecule has 4 nitrogen and oxygen atoms in total. The third kappa shape index (κ3) is 2.71. The molecule has 3 rings (SSSR count). The van der Waals surface area contributed by atoms with Crippen molar-refractivity contribution in [3.05, 3.63) is 53.6 Å². The molecule has 0 fully saturated rings. The van der Waals surface area contributed by atoms with Crippen LogP contribution in [0.3, 0.4) is 0 Å². The van der Waals surface area contributed by atoms with Gasteiger partial charge in [-0.1, -0.05) is 30.3 Å². The Bertz CT molecular complexity index is 662. The van der Waals surface area contributed by atoms with Gasteiger partial charge in [-0.3, -0.25) is 9.59 Å². The van der Waals surface area contributed by atoms with Crippen molar-refractivity contribution in [2.75, 3.05) is 0 Å². The molecule has 0 aromatic heterocycles. The van der Waals surface area contributed by atoms with Gasteiger partial charge in [0, 0.05) is 5.56 Å². The van der Waals surface area contributed by atoms with Gasteiger partial charge in [0.15, 0.2) is 0 Å². The Morgan fingerprint density at radius 1 is 0.789 bits per heavy atom. The molecule has 0 saturated carbocycles. The van der Waals surface area contributed by atoms with Crippen molar-refractivity contribution >= 4 is 40.8 Å². The summed E-state index contributed by atoms with van der Waals surface area (Å²) in [4.78, 5) is 22.9. The van der Waals surface area contributed by atoms with Crippen LogP contribution >= 0.6 is 12.4 Å². The highest BCUT2D eigenvalue weighted by Gasteiger charge is 2.20. The summed E-state index contributed by atoms with van der Waals surface area (Å²) in [6, 6.07) is 11.5. The molecule has 2 aromatic carbocycles. The Kier molecular flexibility index (Phi) is 5.58. The summed E-state index contributed by atoms with van der Waals surface area (Å²) in [6.07, 6.45) is 3.03. The van der Waals surface area contributed by atoms with Gasteiger partial charge in [-0.2, -0.15) is 0 Å². The Labute approximate surface area is 115 Å². The van der Waals surface area contributed by atoms with Crippen LogP contribution in [0.2, 0.25) is 0 Å². The predicted molar refractivity (Wildman–Crippen MR) is 76.8 cm³/mol. The molecule has 0 amide bonds. The molecule has 0 atom stereocenters. The SMILES string of the molecule is Cl.O.O.O=C1C=Cc2cc3ccccc3cc2C1=O. The summed E-state index contributed by atoms with van der Waals surface area (Å²) < 4.78 is 0. The van der Waals surface area contributed by atoms with E-state index in [1.165, 1.54) is 6.08 Å². The monoisotopic (exact) mass is 280 g/mol. The van der Waals surface area contributed by atoms with Crippen LogP contribution in [0.5, 0.6) is 0 Å². The lowest BCUT2D eigenvalue weighted by molar-refractivity contribution is -0.110. The van der Waals surface area contributed by atoms with E-state index in [0.717, 1.165) is 16.3 Å². The number of carbonyl (C=O) groups excluding carboxylic acids is 2. The van der Waals surface area contributed by atoms with Gasteiger partial charge in [0.05, 0.1) is 0 Å². The molecule has 0 saturated heterocycles. The van der Waals surface area contributed by atoms with Crippen molar-refractivity contribution in [1.29, 1.82) is 0 Å². The number of halogens is 1. The third-order valence-electron chi connectivity index (χ3n) is 2.80. The van der Waals surface area contributed by atoms with Crippen LogP contribution in [-0.2, 0) is 4.79 Å². The van der Waals surface area contributed by atoms with E-state index < -0.39 is 11.6 Å². The number of rotatable bonds is 0. The zero-order valence-electron chi connectivity index (χ0n) is 9.84. The number of allylic oxidation sites excluding steroid dienone is 1. The first-order valence-electron chi connectivity index (χ1n) is 5.05. The quantitative estimate of drug-likeness (QED) is 0.681. The van der Waals surface area contributed by atoms with Gasteiger partial charge in [0.25, 0.3) is 0 Å². The van der Waals surface area contributed by atoms with Crippen LogP contribution in [0, 0.1) is 0 Å². The summed E-state index contributed by atoms with van der Waals surface area (Å²) in [6.45, 7) is 0. The molecule has 19 heavy (non-hydrogen) atoms. The van der Waals surface area contributed by atoms with Crippen molar-refractivity contribution in [3.8, 4) is 0 Å². The molecular formula is C14H13ClO4. The van der Waals surface area contributed by atoms with Gasteiger partial charge in [0.1, 0.15) is 0 Å². The van der Waals surface area contributed by atoms with Gasteiger partial charge in [-0.25, -0.2) is 0 Å². The highest BCUT2D eigenvalue weighted by Crippen LogP contribution is 2.24. The van der Waals surface area contributed by atoms with Crippen molar-refractivity contribution < 1.29 is 20.5 Å². The van der Waals surface area contributed by atoms with Gasteiger partial charge in [0.2, 0.25) is 11.6 Å². The van der Waals surface area contributed by atoms with E-state index in [0.29, 0.717) is 5.56 Å². The minimum Gasteiger partial charge on any atom is -0.412 e. The fraction of sp³-hybridized carbons (Fsp3) is 0. The zero-order chi connectivity index (χ0) is 11.1. The molecule has 100 valence electrons. The molecule has 0 radical (unpaired) electrons. The molecule has 0 bridgehead atoms. The molecule has 0 spiro atoms. The summed E-state index contributed by atoms with van der Waals surface area (Å²) in [5, 5.41) is 2.06. The summed E-state index contributed by atoms with van der Waals surface area (Å²) in [7, 11) is 0. The first-order valence-corrected chi connectivity index (χ1v) is 5.05. The van der Waals surface area contributed by atoms with Crippen LogP contribution < -0.4 is 0 Å². The minimum absolute atomic E-state index is 0. The molecule has 0 heterocycles. The highest BCUT2D eigenvalue weighted by atomic mass is 35.5. The average molecular weight is 281 g/mol. The lowest BCUT2D eigenvalue weighted by atomic mass is 9.92. The molecule has 0 unspecified atom stereocenters. The number of Topliss-reactive ketones (excluding diaryl/α,β-unsaturated/α-hetero) is 1. The summed E-state index contributed by atoms with van der Waals surface area (Å²) in [5.74, 6) is -0.856. The van der Waals surface area contributed by atoms with Crippen molar-refractivity contribution in [3.63, 3.8) is 0 Å². The van der Waals surface area contributed by atoms with E-state index in [-0.39, 0.29) is 23.4 Å². The second kappa shape index (κ2) is 6.24. The number of carbonyl (C=O) groups is 2. The van der Waals surface area contributed by atoms with Crippen LogP contribution in [0.4, 0.5) is 0 Å². The van der Waals surface area contributed by atoms with E-state index in [9.17, 15) is 9.59 Å². The fourth-order valence-corrected chi connectivity index (χ4v) is 1.97. The zero-order valence-corrected chi connectivity index (χ0v) is 10.7. The molecule has 2 aromatic rings. The lowest BCUT2D eigenvalue weighted by Crippen LogP contribution is -2.15. The van der Waals surface area contributed by atoms with Crippen LogP contribution in [0.15, 0.2) is 42.5 Å². The molecule has 1 aliphatic rings. The van der Waals surface area contributed by atoms with E-state index in [1.807, 2.05) is 30.3 Å². The predicted octanol–water partition coefficient (Wildman–Crippen LogP) is 1.39.